The van der Waals surface area contributed by atoms with Crippen LogP contribution in [0.15, 0.2) is 48.5 Å². The highest BCUT2D eigenvalue weighted by Gasteiger charge is 2.14. The van der Waals surface area contributed by atoms with Crippen molar-refractivity contribution in [2.75, 3.05) is 16.8 Å². The molecular formula is C18H19FN2O2. The van der Waals surface area contributed by atoms with Crippen LogP contribution in [0, 0.1) is 12.7 Å². The Balaban J connectivity index is 2.00. The molecule has 5 heteroatoms. The van der Waals surface area contributed by atoms with E-state index in [1.807, 2.05) is 31.2 Å². The lowest BCUT2D eigenvalue weighted by Crippen LogP contribution is -2.32. The van der Waals surface area contributed by atoms with E-state index in [2.05, 4.69) is 5.32 Å². The van der Waals surface area contributed by atoms with Gasteiger partial charge in [0.25, 0.3) is 0 Å². The van der Waals surface area contributed by atoms with E-state index in [1.165, 1.54) is 30.0 Å². The Labute approximate surface area is 134 Å². The van der Waals surface area contributed by atoms with E-state index in [9.17, 15) is 14.0 Å². The topological polar surface area (TPSA) is 49.4 Å². The van der Waals surface area contributed by atoms with Gasteiger partial charge in [-0.05, 0) is 36.8 Å². The molecule has 1 N–H and O–H groups in total. The van der Waals surface area contributed by atoms with Crippen LogP contribution >= 0.6 is 0 Å². The number of carbonyl (C=O) groups excluding carboxylic acids is 2. The molecular weight excluding hydrogens is 295 g/mol. The van der Waals surface area contributed by atoms with Crippen LogP contribution in [0.2, 0.25) is 0 Å². The lowest BCUT2D eigenvalue weighted by molar-refractivity contribution is -0.117. The molecule has 0 fully saturated rings. The highest BCUT2D eigenvalue weighted by atomic mass is 19.1. The first-order valence-corrected chi connectivity index (χ1v) is 7.36. The number of hydrogen-bond donors (Lipinski definition) is 1. The average molecular weight is 314 g/mol. The van der Waals surface area contributed by atoms with Crippen LogP contribution in [0.3, 0.4) is 0 Å². The van der Waals surface area contributed by atoms with Crippen molar-refractivity contribution in [3.8, 4) is 0 Å². The van der Waals surface area contributed by atoms with Gasteiger partial charge in [0, 0.05) is 31.3 Å². The summed E-state index contributed by atoms with van der Waals surface area (Å²) >= 11 is 0. The number of benzene rings is 2. The van der Waals surface area contributed by atoms with Gasteiger partial charge < -0.3 is 10.2 Å². The van der Waals surface area contributed by atoms with Crippen molar-refractivity contribution in [1.29, 1.82) is 0 Å². The lowest BCUT2D eigenvalue weighted by Gasteiger charge is -2.21. The van der Waals surface area contributed by atoms with Crippen LogP contribution in [-0.2, 0) is 9.59 Å². The zero-order chi connectivity index (χ0) is 16.8. The van der Waals surface area contributed by atoms with Crippen LogP contribution in [-0.4, -0.2) is 18.4 Å². The summed E-state index contributed by atoms with van der Waals surface area (Å²) in [5.41, 5.74) is 2.16. The van der Waals surface area contributed by atoms with Gasteiger partial charge in [-0.25, -0.2) is 4.39 Å². The minimum Gasteiger partial charge on any atom is -0.326 e. The van der Waals surface area contributed by atoms with Crippen molar-refractivity contribution in [3.63, 3.8) is 0 Å². The highest BCUT2D eigenvalue weighted by molar-refractivity contribution is 5.95. The monoisotopic (exact) mass is 314 g/mol. The van der Waals surface area contributed by atoms with Crippen molar-refractivity contribution in [3.05, 3.63) is 59.9 Å². The number of nitrogens with zero attached hydrogens (tertiary/aromatic N) is 1. The first-order chi connectivity index (χ1) is 11.0. The number of carbonyl (C=O) groups is 2. The molecule has 0 saturated heterocycles. The van der Waals surface area contributed by atoms with E-state index in [1.54, 1.807) is 6.07 Å². The molecule has 0 aromatic heterocycles. The molecule has 0 spiro atoms. The quantitative estimate of drug-likeness (QED) is 0.918. The molecule has 2 aromatic rings. The van der Waals surface area contributed by atoms with Crippen molar-refractivity contribution in [2.24, 2.45) is 0 Å². The number of hydrogen-bond acceptors (Lipinski definition) is 2. The van der Waals surface area contributed by atoms with Crippen molar-refractivity contribution in [2.45, 2.75) is 20.3 Å². The molecule has 23 heavy (non-hydrogen) atoms. The van der Waals surface area contributed by atoms with Gasteiger partial charge in [-0.3, -0.25) is 9.59 Å². The maximum absolute atomic E-state index is 13.3. The third-order valence-electron chi connectivity index (χ3n) is 3.48. The largest absolute Gasteiger partial charge is 0.326 e. The standard InChI is InChI=1S/C18H19FN2O2/c1-13-6-3-4-9-17(13)20-18(23)10-11-21(14(2)22)16-8-5-7-15(19)12-16/h3-9,12H,10-11H2,1-2H3,(H,20,23). The Hall–Kier alpha value is -2.69. The predicted molar refractivity (Wildman–Crippen MR) is 88.9 cm³/mol. The SMILES string of the molecule is CC(=O)N(CCC(=O)Nc1ccccc1C)c1cccc(F)c1. The Morgan fingerprint density at radius 3 is 2.52 bits per heavy atom. The molecule has 0 saturated carbocycles. The van der Waals surface area contributed by atoms with Crippen LogP contribution in [0.1, 0.15) is 18.9 Å². The summed E-state index contributed by atoms with van der Waals surface area (Å²) in [6, 6.07) is 13.2. The first-order valence-electron chi connectivity index (χ1n) is 7.36. The fraction of sp³-hybridized carbons (Fsp3) is 0.222. The number of para-hydroxylation sites is 1. The Morgan fingerprint density at radius 1 is 1.13 bits per heavy atom. The summed E-state index contributed by atoms with van der Waals surface area (Å²) in [6.07, 6.45) is 0.129. The molecule has 120 valence electrons. The second-order valence-electron chi connectivity index (χ2n) is 5.26. The Kier molecular flexibility index (Phi) is 5.46. The summed E-state index contributed by atoms with van der Waals surface area (Å²) in [4.78, 5) is 25.2. The smallest absolute Gasteiger partial charge is 0.226 e. The van der Waals surface area contributed by atoms with Gasteiger partial charge in [0.15, 0.2) is 0 Å². The highest BCUT2D eigenvalue weighted by Crippen LogP contribution is 2.17. The maximum Gasteiger partial charge on any atom is 0.226 e. The van der Waals surface area contributed by atoms with Gasteiger partial charge in [0.2, 0.25) is 11.8 Å². The Morgan fingerprint density at radius 2 is 1.87 bits per heavy atom. The normalized spacial score (nSPS) is 10.2. The predicted octanol–water partition coefficient (Wildman–Crippen LogP) is 3.52. The van der Waals surface area contributed by atoms with Crippen molar-refractivity contribution < 1.29 is 14.0 Å². The van der Waals surface area contributed by atoms with E-state index in [-0.39, 0.29) is 24.8 Å². The molecule has 0 aliphatic carbocycles. The summed E-state index contributed by atoms with van der Waals surface area (Å²) in [5, 5.41) is 2.82. The summed E-state index contributed by atoms with van der Waals surface area (Å²) < 4.78 is 13.3. The molecule has 0 aliphatic rings. The minimum absolute atomic E-state index is 0.129. The second-order valence-corrected chi connectivity index (χ2v) is 5.26. The number of rotatable bonds is 5. The molecule has 0 heterocycles. The third kappa shape index (κ3) is 4.64. The number of halogens is 1. The van der Waals surface area contributed by atoms with Gasteiger partial charge >= 0.3 is 0 Å². The summed E-state index contributed by atoms with van der Waals surface area (Å²) in [7, 11) is 0. The Bertz CT molecular complexity index is 716. The molecule has 2 aromatic carbocycles. The molecule has 0 bridgehead atoms. The fourth-order valence-electron chi connectivity index (χ4n) is 2.25. The van der Waals surface area contributed by atoms with Crippen molar-refractivity contribution in [1.82, 2.24) is 0 Å². The second kappa shape index (κ2) is 7.54. The summed E-state index contributed by atoms with van der Waals surface area (Å²) in [5.74, 6) is -0.848. The average Bonchev–Trinajstić information content (AvgIpc) is 2.49. The molecule has 0 atom stereocenters. The number of anilines is 2. The van der Waals surface area contributed by atoms with Crippen LogP contribution in [0.25, 0.3) is 0 Å². The molecule has 4 nitrogen and oxygen atoms in total. The van der Waals surface area contributed by atoms with Gasteiger partial charge in [0.05, 0.1) is 0 Å². The molecule has 0 radical (unpaired) electrons. The molecule has 0 unspecified atom stereocenters. The first kappa shape index (κ1) is 16.7. The minimum atomic E-state index is -0.418. The van der Waals surface area contributed by atoms with Gasteiger partial charge in [0.1, 0.15) is 5.82 Å². The zero-order valence-electron chi connectivity index (χ0n) is 13.2. The van der Waals surface area contributed by atoms with Gasteiger partial charge in [-0.15, -0.1) is 0 Å². The van der Waals surface area contributed by atoms with E-state index in [0.717, 1.165) is 11.3 Å². The zero-order valence-corrected chi connectivity index (χ0v) is 13.2. The van der Waals surface area contributed by atoms with E-state index in [0.29, 0.717) is 5.69 Å². The number of aryl methyl sites for hydroxylation is 1. The lowest BCUT2D eigenvalue weighted by atomic mass is 10.2. The van der Waals surface area contributed by atoms with E-state index >= 15 is 0 Å². The molecule has 2 amide bonds. The van der Waals surface area contributed by atoms with E-state index in [4.69, 9.17) is 0 Å². The van der Waals surface area contributed by atoms with Crippen LogP contribution < -0.4 is 10.2 Å². The van der Waals surface area contributed by atoms with E-state index < -0.39 is 5.82 Å². The fourth-order valence-corrected chi connectivity index (χ4v) is 2.25. The number of nitrogens with one attached hydrogen (secondary N) is 1. The van der Waals surface area contributed by atoms with Crippen LogP contribution in [0.4, 0.5) is 15.8 Å². The molecule has 0 aliphatic heterocycles. The number of amides is 2. The molecule has 2 rings (SSSR count). The van der Waals surface area contributed by atoms with Gasteiger partial charge in [-0.1, -0.05) is 24.3 Å². The maximum atomic E-state index is 13.3. The summed E-state index contributed by atoms with van der Waals surface area (Å²) in [6.45, 7) is 3.49. The third-order valence-corrected chi connectivity index (χ3v) is 3.48. The van der Waals surface area contributed by atoms with Crippen molar-refractivity contribution >= 4 is 23.2 Å². The van der Waals surface area contributed by atoms with Gasteiger partial charge in [-0.2, -0.15) is 0 Å². The van der Waals surface area contributed by atoms with Crippen LogP contribution in [0.5, 0.6) is 0 Å².